The van der Waals surface area contributed by atoms with E-state index >= 15 is 0 Å². The zero-order valence-corrected chi connectivity index (χ0v) is 21.7. The van der Waals surface area contributed by atoms with E-state index in [-0.39, 0.29) is 5.91 Å². The van der Waals surface area contributed by atoms with Crippen LogP contribution in [0.15, 0.2) is 36.5 Å². The Morgan fingerprint density at radius 1 is 1.03 bits per heavy atom. The van der Waals surface area contributed by atoms with Crippen LogP contribution in [-0.2, 0) is 10.0 Å². The molecule has 5 rings (SSSR count). The molecule has 36 heavy (non-hydrogen) atoms. The molecule has 9 nitrogen and oxygen atoms in total. The number of piperazine rings is 1. The summed E-state index contributed by atoms with van der Waals surface area (Å²) in [5.41, 5.74) is 3.41. The Morgan fingerprint density at radius 2 is 1.72 bits per heavy atom. The lowest BCUT2D eigenvalue weighted by Gasteiger charge is -2.34. The standard InChI is InChI=1S/C26H33N6O3S/c1-3-30-12-9-20(10-13-30)19-4-6-22(7-5-19)28-25-24-21(8-11-27-26(24)33)18-23(29-25)31-14-16-32(17-15-31)36(2,34)35/h4-8,11,18,20H,3,9-10,12-17H2,1-2H3,(H,28,29). The predicted molar refractivity (Wildman–Crippen MR) is 142 cm³/mol. The average Bonchev–Trinajstić information content (AvgIpc) is 2.89. The molecule has 1 aromatic heterocycles. The summed E-state index contributed by atoms with van der Waals surface area (Å²) in [4.78, 5) is 22.0. The second-order valence-corrected chi connectivity index (χ2v) is 11.6. The van der Waals surface area contributed by atoms with Crippen molar-refractivity contribution in [2.75, 3.05) is 62.3 Å². The average molecular weight is 510 g/mol. The molecule has 3 aliphatic heterocycles. The molecule has 0 aliphatic carbocycles. The fourth-order valence-electron chi connectivity index (χ4n) is 5.22. The zero-order chi connectivity index (χ0) is 25.3. The molecule has 2 aromatic rings. The van der Waals surface area contributed by atoms with Gasteiger partial charge in [-0.3, -0.25) is 4.79 Å². The lowest BCUT2D eigenvalue weighted by Crippen LogP contribution is -2.48. The number of likely N-dealkylation sites (tertiary alicyclic amines) is 1. The maximum absolute atomic E-state index is 12.7. The van der Waals surface area contributed by atoms with Crippen molar-refractivity contribution in [1.82, 2.24) is 19.5 Å². The number of hydrogen-bond donors (Lipinski definition) is 1. The molecule has 1 aromatic carbocycles. The van der Waals surface area contributed by atoms with E-state index in [9.17, 15) is 13.2 Å². The Hall–Kier alpha value is -2.95. The van der Waals surface area contributed by atoms with Gasteiger partial charge in [-0.1, -0.05) is 19.1 Å². The van der Waals surface area contributed by atoms with Crippen LogP contribution >= 0.6 is 0 Å². The topological polar surface area (TPSA) is 99.9 Å². The first-order valence-corrected chi connectivity index (χ1v) is 14.4. The normalized spacial score (nSPS) is 19.7. The highest BCUT2D eigenvalue weighted by molar-refractivity contribution is 7.88. The van der Waals surface area contributed by atoms with E-state index in [1.165, 1.54) is 35.2 Å². The number of aromatic nitrogens is 1. The Morgan fingerprint density at radius 3 is 2.36 bits per heavy atom. The van der Waals surface area contributed by atoms with Crippen LogP contribution in [-0.4, -0.2) is 80.6 Å². The Bertz CT molecular complexity index is 1250. The van der Waals surface area contributed by atoms with Crippen LogP contribution in [0.4, 0.5) is 17.3 Å². The van der Waals surface area contributed by atoms with Crippen LogP contribution in [0, 0.1) is 0 Å². The maximum atomic E-state index is 12.7. The number of benzene rings is 1. The van der Waals surface area contributed by atoms with Crippen LogP contribution in [0.5, 0.6) is 0 Å². The molecule has 1 radical (unpaired) electrons. The lowest BCUT2D eigenvalue weighted by molar-refractivity contribution is 0.0965. The number of piperidine rings is 1. The Labute approximate surface area is 213 Å². The van der Waals surface area contributed by atoms with E-state index in [0.717, 1.165) is 30.9 Å². The van der Waals surface area contributed by atoms with Gasteiger partial charge in [-0.2, -0.15) is 4.31 Å². The van der Waals surface area contributed by atoms with Gasteiger partial charge < -0.3 is 15.1 Å². The summed E-state index contributed by atoms with van der Waals surface area (Å²) in [7, 11) is -3.21. The second-order valence-electron chi connectivity index (χ2n) is 9.65. The third kappa shape index (κ3) is 5.25. The highest BCUT2D eigenvalue weighted by Crippen LogP contribution is 2.32. The van der Waals surface area contributed by atoms with E-state index < -0.39 is 10.0 Å². The fraction of sp³-hybridized carbons (Fsp3) is 0.462. The van der Waals surface area contributed by atoms with Crippen molar-refractivity contribution in [2.24, 2.45) is 0 Å². The van der Waals surface area contributed by atoms with Crippen LogP contribution in [0.3, 0.4) is 0 Å². The van der Waals surface area contributed by atoms with Gasteiger partial charge in [0.15, 0.2) is 0 Å². The minimum absolute atomic E-state index is 0.324. The SMILES string of the molecule is CCN1CCC(c2ccc(Nc3nc(N4CCN(S(C)(=O)=O)CC4)cc4c3C(=O)[N]C=C4)cc2)CC1. The van der Waals surface area contributed by atoms with Gasteiger partial charge in [0.25, 0.3) is 5.91 Å². The molecule has 0 atom stereocenters. The number of carbonyl (C=O) groups excluding carboxylic acids is 1. The molecular formula is C26H33N6O3S. The van der Waals surface area contributed by atoms with Gasteiger partial charge in [-0.05, 0) is 73.8 Å². The fourth-order valence-corrected chi connectivity index (χ4v) is 6.04. The summed E-state index contributed by atoms with van der Waals surface area (Å²) in [6, 6.07) is 10.3. The summed E-state index contributed by atoms with van der Waals surface area (Å²) in [6.07, 6.45) is 6.91. The van der Waals surface area contributed by atoms with E-state index in [0.29, 0.717) is 49.3 Å². The van der Waals surface area contributed by atoms with Gasteiger partial charge >= 0.3 is 0 Å². The number of anilines is 3. The van der Waals surface area contributed by atoms with Gasteiger partial charge in [-0.25, -0.2) is 18.7 Å². The highest BCUT2D eigenvalue weighted by atomic mass is 32.2. The lowest BCUT2D eigenvalue weighted by atomic mass is 9.89. The summed E-state index contributed by atoms with van der Waals surface area (Å²) >= 11 is 0. The van der Waals surface area contributed by atoms with E-state index in [2.05, 4.69) is 39.5 Å². The van der Waals surface area contributed by atoms with Gasteiger partial charge in [-0.15, -0.1) is 0 Å². The monoisotopic (exact) mass is 509 g/mol. The second kappa shape index (κ2) is 10.2. The number of amides is 1. The van der Waals surface area contributed by atoms with Crippen LogP contribution in [0.1, 0.15) is 47.2 Å². The third-order valence-corrected chi connectivity index (χ3v) is 8.71. The van der Waals surface area contributed by atoms with Crippen molar-refractivity contribution < 1.29 is 13.2 Å². The molecule has 3 aliphatic rings. The number of fused-ring (bicyclic) bond motifs is 1. The molecule has 4 heterocycles. The molecule has 0 unspecified atom stereocenters. The van der Waals surface area contributed by atoms with Crippen LogP contribution < -0.4 is 15.5 Å². The molecule has 191 valence electrons. The first-order valence-electron chi connectivity index (χ1n) is 12.6. The van der Waals surface area contributed by atoms with Crippen molar-refractivity contribution in [3.63, 3.8) is 0 Å². The molecule has 1 amide bonds. The summed E-state index contributed by atoms with van der Waals surface area (Å²) in [6.45, 7) is 7.48. The molecule has 0 spiro atoms. The minimum atomic E-state index is -3.21. The van der Waals surface area contributed by atoms with Crippen molar-refractivity contribution in [3.05, 3.63) is 53.2 Å². The van der Waals surface area contributed by atoms with E-state index in [1.807, 2.05) is 24.3 Å². The summed E-state index contributed by atoms with van der Waals surface area (Å²) < 4.78 is 25.3. The number of hydrogen-bond acceptors (Lipinski definition) is 7. The Kier molecular flexibility index (Phi) is 7.00. The minimum Gasteiger partial charge on any atom is -0.354 e. The van der Waals surface area contributed by atoms with Crippen molar-refractivity contribution in [3.8, 4) is 0 Å². The molecular weight excluding hydrogens is 476 g/mol. The summed E-state index contributed by atoms with van der Waals surface area (Å²) in [5.74, 6) is 1.43. The maximum Gasteiger partial charge on any atom is 0.281 e. The number of pyridine rings is 1. The van der Waals surface area contributed by atoms with Gasteiger partial charge in [0, 0.05) is 38.1 Å². The predicted octanol–water partition coefficient (Wildman–Crippen LogP) is 2.84. The first kappa shape index (κ1) is 24.7. The largest absolute Gasteiger partial charge is 0.354 e. The van der Waals surface area contributed by atoms with Gasteiger partial charge in [0.2, 0.25) is 10.0 Å². The number of sulfonamides is 1. The van der Waals surface area contributed by atoms with Crippen molar-refractivity contribution >= 4 is 39.3 Å². The smallest absolute Gasteiger partial charge is 0.281 e. The van der Waals surface area contributed by atoms with E-state index in [4.69, 9.17) is 4.98 Å². The number of rotatable bonds is 6. The van der Waals surface area contributed by atoms with Crippen molar-refractivity contribution in [2.45, 2.75) is 25.7 Å². The van der Waals surface area contributed by atoms with E-state index in [1.54, 1.807) is 0 Å². The van der Waals surface area contributed by atoms with Crippen LogP contribution in [0.25, 0.3) is 6.08 Å². The Balaban J connectivity index is 1.36. The quantitative estimate of drug-likeness (QED) is 0.639. The molecule has 2 fully saturated rings. The number of nitrogens with zero attached hydrogens (tertiary/aromatic N) is 5. The molecule has 1 N–H and O–H groups in total. The van der Waals surface area contributed by atoms with Crippen LogP contribution in [0.2, 0.25) is 0 Å². The molecule has 0 saturated carbocycles. The highest BCUT2D eigenvalue weighted by Gasteiger charge is 2.27. The summed E-state index contributed by atoms with van der Waals surface area (Å²) in [5, 5.41) is 7.30. The zero-order valence-electron chi connectivity index (χ0n) is 20.9. The van der Waals surface area contributed by atoms with Crippen molar-refractivity contribution in [1.29, 1.82) is 0 Å². The van der Waals surface area contributed by atoms with Gasteiger partial charge in [0.1, 0.15) is 11.6 Å². The first-order chi connectivity index (χ1) is 17.3. The number of nitrogens with one attached hydrogen (secondary N) is 1. The van der Waals surface area contributed by atoms with Gasteiger partial charge in [0.05, 0.1) is 11.8 Å². The molecule has 10 heteroatoms. The molecule has 2 saturated heterocycles. The third-order valence-electron chi connectivity index (χ3n) is 7.41. The number of carbonyl (C=O) groups is 1. The molecule has 0 bridgehead atoms.